The van der Waals surface area contributed by atoms with Gasteiger partial charge in [0.1, 0.15) is 5.82 Å². The molecule has 100 valence electrons. The summed E-state index contributed by atoms with van der Waals surface area (Å²) in [6.07, 6.45) is -1.02. The number of carboxylic acids is 1. The molecule has 18 heavy (non-hydrogen) atoms. The molecule has 1 atom stereocenters. The first-order valence-electron chi connectivity index (χ1n) is 5.13. The number of carbonyl (C=O) groups is 1. The van der Waals surface area contributed by atoms with Crippen LogP contribution in [0.15, 0.2) is 10.5 Å². The number of hydrogen-bond acceptors (Lipinski definition) is 4. The van der Waals surface area contributed by atoms with Gasteiger partial charge in [-0.1, -0.05) is 0 Å². The van der Waals surface area contributed by atoms with Crippen molar-refractivity contribution >= 4 is 27.6 Å². The summed E-state index contributed by atoms with van der Waals surface area (Å²) in [5.41, 5.74) is 0.374. The van der Waals surface area contributed by atoms with Crippen LogP contribution in [0.5, 0.6) is 0 Å². The highest BCUT2D eigenvalue weighted by molar-refractivity contribution is 9.10. The minimum absolute atomic E-state index is 0.0321. The van der Waals surface area contributed by atoms with Gasteiger partial charge >= 0.3 is 5.97 Å². The first-order valence-corrected chi connectivity index (χ1v) is 5.92. The molecule has 0 aliphatic rings. The van der Waals surface area contributed by atoms with Crippen LogP contribution in [0.25, 0.3) is 0 Å². The third-order valence-electron chi connectivity index (χ3n) is 2.36. The smallest absolute Gasteiger partial charge is 0.339 e. The Morgan fingerprint density at radius 1 is 1.61 bits per heavy atom. The molecule has 0 spiro atoms. The van der Waals surface area contributed by atoms with Crippen LogP contribution in [0.4, 0.5) is 10.1 Å². The van der Waals surface area contributed by atoms with E-state index in [2.05, 4.69) is 21.2 Å². The molecular formula is C11H13BrFNO4. The summed E-state index contributed by atoms with van der Waals surface area (Å²) in [6.45, 7) is 1.07. The zero-order valence-electron chi connectivity index (χ0n) is 9.57. The van der Waals surface area contributed by atoms with Gasteiger partial charge in [0.15, 0.2) is 0 Å². The van der Waals surface area contributed by atoms with E-state index < -0.39 is 24.5 Å². The Morgan fingerprint density at radius 3 is 2.72 bits per heavy atom. The molecule has 0 radical (unpaired) electrons. The second kappa shape index (κ2) is 6.12. The number of aryl methyl sites for hydroxylation is 1. The molecule has 0 aromatic heterocycles. The van der Waals surface area contributed by atoms with Gasteiger partial charge in [-0.3, -0.25) is 0 Å². The summed E-state index contributed by atoms with van der Waals surface area (Å²) < 4.78 is 13.3. The van der Waals surface area contributed by atoms with Gasteiger partial charge in [0.25, 0.3) is 0 Å². The highest BCUT2D eigenvalue weighted by Crippen LogP contribution is 2.31. The fraction of sp³-hybridized carbons (Fsp3) is 0.364. The van der Waals surface area contributed by atoms with E-state index in [0.717, 1.165) is 0 Å². The number of carboxylic acid groups (broad SMARTS) is 1. The van der Waals surface area contributed by atoms with Gasteiger partial charge in [-0.15, -0.1) is 0 Å². The lowest BCUT2D eigenvalue weighted by atomic mass is 10.1. The van der Waals surface area contributed by atoms with Crippen molar-refractivity contribution in [1.82, 2.24) is 0 Å². The normalized spacial score (nSPS) is 12.3. The third kappa shape index (κ3) is 3.18. The van der Waals surface area contributed by atoms with E-state index in [1.807, 2.05) is 0 Å². The number of benzene rings is 1. The molecule has 1 aromatic rings. The number of rotatable bonds is 5. The Hall–Kier alpha value is -1.18. The summed E-state index contributed by atoms with van der Waals surface area (Å²) in [4.78, 5) is 11.1. The molecule has 0 saturated heterocycles. The predicted octanol–water partition coefficient (Wildman–Crippen LogP) is 1.36. The van der Waals surface area contributed by atoms with Crippen LogP contribution in [0, 0.1) is 12.7 Å². The fourth-order valence-electron chi connectivity index (χ4n) is 1.46. The van der Waals surface area contributed by atoms with Gasteiger partial charge in [0.2, 0.25) is 0 Å². The summed E-state index contributed by atoms with van der Waals surface area (Å²) in [7, 11) is 0. The molecule has 5 nitrogen and oxygen atoms in total. The van der Waals surface area contributed by atoms with Gasteiger partial charge in [-0.2, -0.15) is 0 Å². The monoisotopic (exact) mass is 321 g/mol. The van der Waals surface area contributed by atoms with Crippen molar-refractivity contribution in [3.63, 3.8) is 0 Å². The lowest BCUT2D eigenvalue weighted by Crippen LogP contribution is -2.24. The molecule has 4 N–H and O–H groups in total. The van der Waals surface area contributed by atoms with Crippen LogP contribution in [0.2, 0.25) is 0 Å². The summed E-state index contributed by atoms with van der Waals surface area (Å²) in [5.74, 6) is -1.95. The largest absolute Gasteiger partial charge is 0.478 e. The quantitative estimate of drug-likeness (QED) is 0.657. The Kier molecular flexibility index (Phi) is 5.06. The van der Waals surface area contributed by atoms with Crippen molar-refractivity contribution in [1.29, 1.82) is 0 Å². The number of hydrogen-bond donors (Lipinski definition) is 4. The van der Waals surface area contributed by atoms with Crippen molar-refractivity contribution in [2.75, 3.05) is 18.5 Å². The topological polar surface area (TPSA) is 89.8 Å². The molecular weight excluding hydrogens is 309 g/mol. The van der Waals surface area contributed by atoms with E-state index in [1.54, 1.807) is 6.92 Å². The standard InChI is InChI=1S/C11H13BrFNO4/c1-5-2-7(13)9(12)8(11(17)18)10(5)14-3-6(16)4-15/h2,6,14-16H,3-4H2,1H3,(H,17,18). The average Bonchev–Trinajstić information content (AvgIpc) is 2.30. The van der Waals surface area contributed by atoms with Crippen molar-refractivity contribution in [3.8, 4) is 0 Å². The van der Waals surface area contributed by atoms with Crippen molar-refractivity contribution in [2.24, 2.45) is 0 Å². The minimum atomic E-state index is -1.29. The Labute approximate surface area is 111 Å². The average molecular weight is 322 g/mol. The zero-order chi connectivity index (χ0) is 13.9. The molecule has 7 heteroatoms. The lowest BCUT2D eigenvalue weighted by Gasteiger charge is -2.16. The first kappa shape index (κ1) is 14.9. The Balaban J connectivity index is 3.16. The number of nitrogens with one attached hydrogen (secondary N) is 1. The van der Waals surface area contributed by atoms with E-state index in [1.165, 1.54) is 6.07 Å². The number of aliphatic hydroxyl groups is 2. The third-order valence-corrected chi connectivity index (χ3v) is 3.13. The van der Waals surface area contributed by atoms with Crippen molar-refractivity contribution in [2.45, 2.75) is 13.0 Å². The molecule has 0 amide bonds. The van der Waals surface area contributed by atoms with Crippen LogP contribution < -0.4 is 5.32 Å². The van der Waals surface area contributed by atoms with Gasteiger partial charge in [0.05, 0.1) is 28.4 Å². The second-order valence-electron chi connectivity index (χ2n) is 3.76. The summed E-state index contributed by atoms with van der Waals surface area (Å²) >= 11 is 2.88. The molecule has 0 aliphatic carbocycles. The maximum Gasteiger partial charge on any atom is 0.339 e. The molecule has 0 fully saturated rings. The molecule has 0 bridgehead atoms. The minimum Gasteiger partial charge on any atom is -0.478 e. The number of aromatic carboxylic acids is 1. The van der Waals surface area contributed by atoms with Crippen LogP contribution in [0.3, 0.4) is 0 Å². The van der Waals surface area contributed by atoms with Gasteiger partial charge in [0, 0.05) is 6.54 Å². The van der Waals surface area contributed by atoms with Gasteiger partial charge < -0.3 is 20.6 Å². The van der Waals surface area contributed by atoms with E-state index in [-0.39, 0.29) is 22.3 Å². The SMILES string of the molecule is Cc1cc(F)c(Br)c(C(=O)O)c1NCC(O)CO. The van der Waals surface area contributed by atoms with Gasteiger partial charge in [-0.25, -0.2) is 9.18 Å². The predicted molar refractivity (Wildman–Crippen MR) is 67.4 cm³/mol. The van der Waals surface area contributed by atoms with E-state index in [4.69, 9.17) is 10.2 Å². The molecule has 1 unspecified atom stereocenters. The van der Waals surface area contributed by atoms with E-state index in [9.17, 15) is 14.3 Å². The molecule has 0 saturated carbocycles. The maximum atomic E-state index is 13.4. The van der Waals surface area contributed by atoms with Crippen LogP contribution >= 0.6 is 15.9 Å². The molecule has 0 aliphatic heterocycles. The summed E-state index contributed by atoms with van der Waals surface area (Å²) in [6, 6.07) is 1.18. The van der Waals surface area contributed by atoms with Gasteiger partial charge in [-0.05, 0) is 34.5 Å². The lowest BCUT2D eigenvalue weighted by molar-refractivity contribution is 0.0695. The zero-order valence-corrected chi connectivity index (χ0v) is 11.2. The Bertz CT molecular complexity index is 467. The van der Waals surface area contributed by atoms with Crippen LogP contribution in [-0.4, -0.2) is 40.5 Å². The summed E-state index contributed by atoms with van der Waals surface area (Å²) in [5, 5.41) is 29.7. The van der Waals surface area contributed by atoms with Crippen LogP contribution in [-0.2, 0) is 0 Å². The molecule has 0 heterocycles. The number of anilines is 1. The highest BCUT2D eigenvalue weighted by Gasteiger charge is 2.20. The van der Waals surface area contributed by atoms with E-state index in [0.29, 0.717) is 5.56 Å². The number of halogens is 2. The van der Waals surface area contributed by atoms with E-state index >= 15 is 0 Å². The fourth-order valence-corrected chi connectivity index (χ4v) is 1.95. The van der Waals surface area contributed by atoms with Crippen molar-refractivity contribution in [3.05, 3.63) is 27.5 Å². The van der Waals surface area contributed by atoms with Crippen LogP contribution in [0.1, 0.15) is 15.9 Å². The second-order valence-corrected chi connectivity index (χ2v) is 4.55. The molecule has 1 aromatic carbocycles. The molecule has 1 rings (SSSR count). The number of aliphatic hydroxyl groups excluding tert-OH is 2. The van der Waals surface area contributed by atoms with Crippen molar-refractivity contribution < 1.29 is 24.5 Å². The maximum absolute atomic E-state index is 13.4. The first-order chi connectivity index (χ1) is 8.38. The Morgan fingerprint density at radius 2 is 2.22 bits per heavy atom. The highest BCUT2D eigenvalue weighted by atomic mass is 79.9.